The quantitative estimate of drug-likeness (QED) is 0.111. The van der Waals surface area contributed by atoms with E-state index in [1.54, 1.807) is 31.2 Å². The van der Waals surface area contributed by atoms with Crippen LogP contribution in [0.4, 0.5) is 0 Å². The maximum atomic E-state index is 12.5. The van der Waals surface area contributed by atoms with Crippen molar-refractivity contribution in [2.45, 2.75) is 13.0 Å². The number of hydrazone groups is 1. The van der Waals surface area contributed by atoms with Crippen molar-refractivity contribution in [3.63, 3.8) is 0 Å². The molecule has 4 rings (SSSR count). The number of benzene rings is 4. The molecule has 0 fully saturated rings. The molecule has 0 saturated heterocycles. The smallest absolute Gasteiger partial charge is 0.336 e. The Morgan fingerprint density at radius 1 is 0.838 bits per heavy atom. The van der Waals surface area contributed by atoms with Crippen molar-refractivity contribution in [1.82, 2.24) is 5.43 Å². The van der Waals surface area contributed by atoms with Gasteiger partial charge in [-0.15, -0.1) is 0 Å². The number of rotatable bonds is 9. The van der Waals surface area contributed by atoms with Crippen molar-refractivity contribution in [2.24, 2.45) is 5.10 Å². The van der Waals surface area contributed by atoms with E-state index < -0.39 is 18.0 Å². The Bertz CT molecular complexity index is 1440. The third-order valence-electron chi connectivity index (χ3n) is 5.42. The Morgan fingerprint density at radius 3 is 2.41 bits per heavy atom. The SMILES string of the molecule is COc1cc(/C=N\NC(=O)[C@@H](C)Oc2cccc3ccccc23)ccc1OC(=O)/C=C/c1ccccc1. The number of methoxy groups -OCH3 is 1. The van der Waals surface area contributed by atoms with Gasteiger partial charge in [-0.2, -0.15) is 5.10 Å². The summed E-state index contributed by atoms with van der Waals surface area (Å²) in [7, 11) is 1.47. The minimum absolute atomic E-state index is 0.267. The van der Waals surface area contributed by atoms with Gasteiger partial charge in [0.2, 0.25) is 0 Å². The summed E-state index contributed by atoms with van der Waals surface area (Å²) in [4.78, 5) is 24.7. The van der Waals surface area contributed by atoms with E-state index in [4.69, 9.17) is 14.2 Å². The molecule has 4 aromatic rings. The second-order valence-electron chi connectivity index (χ2n) is 8.05. The van der Waals surface area contributed by atoms with Crippen LogP contribution >= 0.6 is 0 Å². The van der Waals surface area contributed by atoms with Gasteiger partial charge in [0.25, 0.3) is 5.91 Å². The topological polar surface area (TPSA) is 86.2 Å². The monoisotopic (exact) mass is 494 g/mol. The first kappa shape index (κ1) is 25.2. The number of carbonyl (C=O) groups is 2. The molecule has 0 aliphatic carbocycles. The molecule has 0 heterocycles. The van der Waals surface area contributed by atoms with E-state index in [1.807, 2.05) is 72.8 Å². The molecule has 0 bridgehead atoms. The average molecular weight is 495 g/mol. The van der Waals surface area contributed by atoms with Crippen LogP contribution in [0.15, 0.2) is 102 Å². The van der Waals surface area contributed by atoms with Gasteiger partial charge >= 0.3 is 5.97 Å². The van der Waals surface area contributed by atoms with Gasteiger partial charge in [-0.3, -0.25) is 4.79 Å². The maximum absolute atomic E-state index is 12.5. The van der Waals surface area contributed by atoms with Gasteiger partial charge < -0.3 is 14.2 Å². The van der Waals surface area contributed by atoms with E-state index in [9.17, 15) is 9.59 Å². The number of fused-ring (bicyclic) bond motifs is 1. The van der Waals surface area contributed by atoms with Crippen LogP contribution in [-0.4, -0.2) is 31.3 Å². The first-order chi connectivity index (χ1) is 18.0. The molecule has 7 heteroatoms. The molecule has 1 amide bonds. The van der Waals surface area contributed by atoms with Gasteiger partial charge in [0.05, 0.1) is 13.3 Å². The second-order valence-corrected chi connectivity index (χ2v) is 8.05. The number of nitrogens with zero attached hydrogens (tertiary/aromatic N) is 1. The van der Waals surface area contributed by atoms with E-state index in [-0.39, 0.29) is 5.75 Å². The van der Waals surface area contributed by atoms with Crippen LogP contribution in [0.1, 0.15) is 18.1 Å². The summed E-state index contributed by atoms with van der Waals surface area (Å²) in [5, 5.41) is 5.97. The van der Waals surface area contributed by atoms with Crippen molar-refractivity contribution in [3.05, 3.63) is 108 Å². The minimum atomic E-state index is -0.761. The second kappa shape index (κ2) is 12.2. The maximum Gasteiger partial charge on any atom is 0.336 e. The van der Waals surface area contributed by atoms with Crippen LogP contribution in [0.25, 0.3) is 16.8 Å². The van der Waals surface area contributed by atoms with E-state index >= 15 is 0 Å². The van der Waals surface area contributed by atoms with Crippen molar-refractivity contribution in [2.75, 3.05) is 7.11 Å². The van der Waals surface area contributed by atoms with Crippen LogP contribution in [0.5, 0.6) is 17.2 Å². The summed E-state index contributed by atoms with van der Waals surface area (Å²) in [6.45, 7) is 1.66. The highest BCUT2D eigenvalue weighted by atomic mass is 16.6. The minimum Gasteiger partial charge on any atom is -0.493 e. The Labute approximate surface area is 215 Å². The first-order valence-corrected chi connectivity index (χ1v) is 11.6. The number of esters is 1. The zero-order valence-electron chi connectivity index (χ0n) is 20.5. The largest absolute Gasteiger partial charge is 0.493 e. The number of hydrogen-bond donors (Lipinski definition) is 1. The summed E-state index contributed by atoms with van der Waals surface area (Å²) in [5.74, 6) is 0.314. The molecule has 0 saturated carbocycles. The van der Waals surface area contributed by atoms with Crippen molar-refractivity contribution in [3.8, 4) is 17.2 Å². The number of ether oxygens (including phenoxy) is 3. The van der Waals surface area contributed by atoms with Crippen molar-refractivity contribution >= 4 is 34.9 Å². The molecule has 1 N–H and O–H groups in total. The molecule has 0 radical (unpaired) electrons. The fourth-order valence-corrected chi connectivity index (χ4v) is 3.52. The van der Waals surface area contributed by atoms with Crippen LogP contribution in [-0.2, 0) is 9.59 Å². The molecule has 0 aliphatic rings. The fraction of sp³-hybridized carbons (Fsp3) is 0.100. The molecule has 1 atom stereocenters. The summed E-state index contributed by atoms with van der Waals surface area (Å²) in [5.41, 5.74) is 4.01. The number of hydrogen-bond acceptors (Lipinski definition) is 6. The standard InChI is InChI=1S/C30H26N2O5/c1-21(36-26-14-8-12-24-11-6-7-13-25(24)26)30(34)32-31-20-23-15-17-27(28(19-23)35-2)37-29(33)18-16-22-9-4-3-5-10-22/h3-21H,1-2H3,(H,32,34)/b18-16+,31-20-/t21-/m1/s1. The number of nitrogens with one attached hydrogen (secondary N) is 1. The number of carbonyl (C=O) groups excluding carboxylic acids is 2. The molecule has 186 valence electrons. The highest BCUT2D eigenvalue weighted by Gasteiger charge is 2.15. The zero-order valence-corrected chi connectivity index (χ0v) is 20.5. The Kier molecular flexibility index (Phi) is 8.29. The van der Waals surface area contributed by atoms with Gasteiger partial charge in [0.1, 0.15) is 5.75 Å². The molecule has 0 spiro atoms. The van der Waals surface area contributed by atoms with Gasteiger partial charge in [0.15, 0.2) is 17.6 Å². The molecular formula is C30H26N2O5. The molecule has 0 aliphatic heterocycles. The van der Waals surface area contributed by atoms with Gasteiger partial charge in [0, 0.05) is 11.5 Å². The Balaban J connectivity index is 1.34. The van der Waals surface area contributed by atoms with E-state index in [0.29, 0.717) is 17.1 Å². The van der Waals surface area contributed by atoms with E-state index in [0.717, 1.165) is 16.3 Å². The molecule has 37 heavy (non-hydrogen) atoms. The summed E-state index contributed by atoms with van der Waals surface area (Å²) in [6.07, 6.45) is 3.72. The van der Waals surface area contributed by atoms with E-state index in [1.165, 1.54) is 19.4 Å². The first-order valence-electron chi connectivity index (χ1n) is 11.6. The van der Waals surface area contributed by atoms with Crippen LogP contribution in [0.3, 0.4) is 0 Å². The third kappa shape index (κ3) is 6.82. The molecular weight excluding hydrogens is 468 g/mol. The lowest BCUT2D eigenvalue weighted by molar-refractivity contribution is -0.129. The molecule has 4 aromatic carbocycles. The highest BCUT2D eigenvalue weighted by molar-refractivity contribution is 5.90. The molecule has 0 aromatic heterocycles. The van der Waals surface area contributed by atoms with Crippen LogP contribution < -0.4 is 19.6 Å². The van der Waals surface area contributed by atoms with Gasteiger partial charge in [-0.1, -0.05) is 66.7 Å². The number of amides is 1. The summed E-state index contributed by atoms with van der Waals surface area (Å²) in [6, 6.07) is 27.9. The lowest BCUT2D eigenvalue weighted by Gasteiger charge is -2.14. The fourth-order valence-electron chi connectivity index (χ4n) is 3.52. The van der Waals surface area contributed by atoms with Crippen molar-refractivity contribution < 1.29 is 23.8 Å². The van der Waals surface area contributed by atoms with E-state index in [2.05, 4.69) is 10.5 Å². The Morgan fingerprint density at radius 2 is 1.59 bits per heavy atom. The van der Waals surface area contributed by atoms with Crippen molar-refractivity contribution in [1.29, 1.82) is 0 Å². The third-order valence-corrected chi connectivity index (χ3v) is 5.42. The van der Waals surface area contributed by atoms with Gasteiger partial charge in [-0.05, 0) is 53.8 Å². The molecule has 7 nitrogen and oxygen atoms in total. The summed E-state index contributed by atoms with van der Waals surface area (Å²) >= 11 is 0. The predicted molar refractivity (Wildman–Crippen MR) is 144 cm³/mol. The highest BCUT2D eigenvalue weighted by Crippen LogP contribution is 2.28. The lowest BCUT2D eigenvalue weighted by Crippen LogP contribution is -2.33. The van der Waals surface area contributed by atoms with Crippen LogP contribution in [0, 0.1) is 0 Å². The molecule has 0 unspecified atom stereocenters. The lowest BCUT2D eigenvalue weighted by atomic mass is 10.1. The predicted octanol–water partition coefficient (Wildman–Crippen LogP) is 5.38. The van der Waals surface area contributed by atoms with Gasteiger partial charge in [-0.25, -0.2) is 10.2 Å². The van der Waals surface area contributed by atoms with Crippen LogP contribution in [0.2, 0.25) is 0 Å². The zero-order chi connectivity index (χ0) is 26.0. The Hall–Kier alpha value is -4.91. The normalized spacial score (nSPS) is 11.9. The summed E-state index contributed by atoms with van der Waals surface area (Å²) < 4.78 is 16.6. The average Bonchev–Trinajstić information content (AvgIpc) is 2.93.